The topological polar surface area (TPSA) is 58.1 Å². The third-order valence-corrected chi connectivity index (χ3v) is 7.54. The molecule has 5 nitrogen and oxygen atoms in total. The van der Waals surface area contributed by atoms with Gasteiger partial charge in [0.1, 0.15) is 0 Å². The number of hydrogen-bond acceptors (Lipinski definition) is 4. The number of amides is 1. The minimum absolute atomic E-state index is 0.0258. The van der Waals surface area contributed by atoms with Gasteiger partial charge in [0.15, 0.2) is 5.82 Å². The Bertz CT molecular complexity index is 915. The van der Waals surface area contributed by atoms with Gasteiger partial charge in [0.05, 0.1) is 5.69 Å². The number of nitrogens with zero attached hydrogens (tertiary/aromatic N) is 3. The number of rotatable bonds is 2. The first-order chi connectivity index (χ1) is 13.8. The Kier molecular flexibility index (Phi) is 3.64. The van der Waals surface area contributed by atoms with Crippen LogP contribution in [-0.4, -0.2) is 47.0 Å². The lowest BCUT2D eigenvalue weighted by atomic mass is 9.77. The molecule has 4 atom stereocenters. The van der Waals surface area contributed by atoms with E-state index in [1.807, 2.05) is 24.4 Å². The van der Waals surface area contributed by atoms with Crippen LogP contribution < -0.4 is 5.32 Å². The number of aryl methyl sites for hydroxylation is 1. The van der Waals surface area contributed by atoms with E-state index in [0.717, 1.165) is 63.3 Å². The Morgan fingerprint density at radius 1 is 1.14 bits per heavy atom. The number of likely N-dealkylation sites (tertiary alicyclic amines) is 1. The van der Waals surface area contributed by atoms with Crippen molar-refractivity contribution in [2.45, 2.75) is 31.1 Å². The minimum atomic E-state index is 0.0258. The fraction of sp³-hybridized carbons (Fsp3) is 0.522. The monoisotopic (exact) mass is 374 g/mol. The summed E-state index contributed by atoms with van der Waals surface area (Å²) in [5, 5.41) is 3.41. The fourth-order valence-electron chi connectivity index (χ4n) is 5.98. The molecule has 5 heteroatoms. The van der Waals surface area contributed by atoms with Gasteiger partial charge in [-0.2, -0.15) is 0 Å². The van der Waals surface area contributed by atoms with Crippen LogP contribution in [0.15, 0.2) is 36.5 Å². The smallest absolute Gasteiger partial charge is 0.226 e. The quantitative estimate of drug-likeness (QED) is 0.877. The molecule has 1 aromatic carbocycles. The van der Waals surface area contributed by atoms with Crippen molar-refractivity contribution in [1.29, 1.82) is 0 Å². The zero-order valence-electron chi connectivity index (χ0n) is 16.1. The number of benzene rings is 1. The Hall–Kier alpha value is -2.27. The van der Waals surface area contributed by atoms with Crippen molar-refractivity contribution in [3.8, 4) is 11.4 Å². The van der Waals surface area contributed by atoms with Crippen molar-refractivity contribution in [2.75, 3.05) is 26.2 Å². The molecule has 1 aromatic heterocycles. The molecule has 3 fully saturated rings. The molecule has 0 bridgehead atoms. The van der Waals surface area contributed by atoms with E-state index >= 15 is 0 Å². The molecule has 144 valence electrons. The van der Waals surface area contributed by atoms with Crippen LogP contribution in [0.5, 0.6) is 0 Å². The number of fused-ring (bicyclic) bond motifs is 3. The largest absolute Gasteiger partial charge is 0.341 e. The van der Waals surface area contributed by atoms with Gasteiger partial charge in [0, 0.05) is 36.2 Å². The number of piperidine rings is 2. The van der Waals surface area contributed by atoms with Crippen molar-refractivity contribution >= 4 is 5.91 Å². The summed E-state index contributed by atoms with van der Waals surface area (Å²) in [7, 11) is 0. The predicted molar refractivity (Wildman–Crippen MR) is 107 cm³/mol. The fourth-order valence-corrected chi connectivity index (χ4v) is 5.98. The van der Waals surface area contributed by atoms with Crippen molar-refractivity contribution in [3.05, 3.63) is 47.8 Å². The highest BCUT2D eigenvalue weighted by atomic mass is 16.2. The van der Waals surface area contributed by atoms with E-state index in [0.29, 0.717) is 17.7 Å². The lowest BCUT2D eigenvalue weighted by molar-refractivity contribution is -0.135. The van der Waals surface area contributed by atoms with Crippen molar-refractivity contribution in [2.24, 2.45) is 17.8 Å². The second-order valence-corrected chi connectivity index (χ2v) is 9.09. The molecule has 6 rings (SSSR count). The zero-order chi connectivity index (χ0) is 18.7. The van der Waals surface area contributed by atoms with Crippen LogP contribution in [0.3, 0.4) is 0 Å². The van der Waals surface area contributed by atoms with E-state index in [4.69, 9.17) is 4.98 Å². The Morgan fingerprint density at radius 3 is 2.79 bits per heavy atom. The molecule has 1 N–H and O–H groups in total. The molecule has 1 amide bonds. The molecule has 2 saturated heterocycles. The number of hydrogen-bond donors (Lipinski definition) is 1. The van der Waals surface area contributed by atoms with Crippen molar-refractivity contribution in [1.82, 2.24) is 20.2 Å². The first kappa shape index (κ1) is 16.7. The second kappa shape index (κ2) is 6.11. The Labute approximate surface area is 165 Å². The van der Waals surface area contributed by atoms with Gasteiger partial charge in [-0.15, -0.1) is 0 Å². The van der Waals surface area contributed by atoms with Crippen molar-refractivity contribution < 1.29 is 4.79 Å². The van der Waals surface area contributed by atoms with E-state index in [-0.39, 0.29) is 11.3 Å². The van der Waals surface area contributed by atoms with Crippen LogP contribution in [0.4, 0.5) is 0 Å². The first-order valence-electron chi connectivity index (χ1n) is 10.7. The number of carbonyl (C=O) groups is 1. The first-order valence-corrected chi connectivity index (χ1v) is 10.7. The summed E-state index contributed by atoms with van der Waals surface area (Å²) in [4.78, 5) is 25.0. The zero-order valence-corrected chi connectivity index (χ0v) is 16.1. The highest BCUT2D eigenvalue weighted by Crippen LogP contribution is 2.51. The van der Waals surface area contributed by atoms with E-state index < -0.39 is 0 Å². The van der Waals surface area contributed by atoms with Gasteiger partial charge in [0.25, 0.3) is 0 Å². The summed E-state index contributed by atoms with van der Waals surface area (Å²) in [6, 6.07) is 10.2. The molecule has 4 aliphatic rings. The van der Waals surface area contributed by atoms with E-state index in [9.17, 15) is 4.79 Å². The lowest BCUT2D eigenvalue weighted by Crippen LogP contribution is -2.49. The third-order valence-electron chi connectivity index (χ3n) is 7.54. The van der Waals surface area contributed by atoms with E-state index in [1.165, 1.54) is 11.3 Å². The summed E-state index contributed by atoms with van der Waals surface area (Å²) in [6.45, 7) is 3.80. The molecule has 2 unspecified atom stereocenters. The lowest BCUT2D eigenvalue weighted by Gasteiger charge is -2.41. The summed E-state index contributed by atoms with van der Waals surface area (Å²) >= 11 is 0. The van der Waals surface area contributed by atoms with Crippen LogP contribution in [0, 0.1) is 17.8 Å². The van der Waals surface area contributed by atoms with Crippen molar-refractivity contribution in [3.63, 3.8) is 0 Å². The van der Waals surface area contributed by atoms with Gasteiger partial charge in [-0.1, -0.05) is 30.3 Å². The maximum absolute atomic E-state index is 13.2. The molecule has 2 aromatic rings. The average Bonchev–Trinajstić information content (AvgIpc) is 3.06. The maximum atomic E-state index is 13.2. The van der Waals surface area contributed by atoms with Crippen LogP contribution in [0.25, 0.3) is 11.4 Å². The predicted octanol–water partition coefficient (Wildman–Crippen LogP) is 2.42. The van der Waals surface area contributed by atoms with Crippen LogP contribution >= 0.6 is 0 Å². The summed E-state index contributed by atoms with van der Waals surface area (Å²) in [5.74, 6) is 2.68. The highest BCUT2D eigenvalue weighted by molar-refractivity contribution is 5.83. The molecule has 1 spiro atoms. The molecule has 2 aliphatic carbocycles. The van der Waals surface area contributed by atoms with E-state index in [1.54, 1.807) is 0 Å². The van der Waals surface area contributed by atoms with Gasteiger partial charge in [-0.3, -0.25) is 4.79 Å². The van der Waals surface area contributed by atoms with Crippen LogP contribution in [0.1, 0.15) is 30.5 Å². The summed E-state index contributed by atoms with van der Waals surface area (Å²) in [6.07, 6.45) is 6.37. The molecule has 2 aliphatic heterocycles. The Balaban J connectivity index is 1.29. The van der Waals surface area contributed by atoms with Gasteiger partial charge in [-0.05, 0) is 56.2 Å². The SMILES string of the molecule is O=C(C1[C@H]2CNC[C@@H]12)N1CCCC2(CCc3cnc(-c4ccccc4)nc32)C1. The summed E-state index contributed by atoms with van der Waals surface area (Å²) in [5.41, 5.74) is 3.57. The Morgan fingerprint density at radius 2 is 1.96 bits per heavy atom. The highest BCUT2D eigenvalue weighted by Gasteiger charge is 2.58. The maximum Gasteiger partial charge on any atom is 0.226 e. The van der Waals surface area contributed by atoms with Gasteiger partial charge < -0.3 is 10.2 Å². The molecule has 0 radical (unpaired) electrons. The molecular formula is C23H26N4O. The molecule has 1 saturated carbocycles. The standard InChI is InChI=1S/C23H26N4O/c28-22(19-17-12-24-13-18(17)19)27-10-4-8-23(14-27)9-7-16-11-25-21(26-20(16)23)15-5-2-1-3-6-15/h1-3,5-6,11,17-19,24H,4,7-10,12-14H2/t17-,18+,19?,23?. The third kappa shape index (κ3) is 2.45. The van der Waals surface area contributed by atoms with Crippen LogP contribution in [0.2, 0.25) is 0 Å². The number of aromatic nitrogens is 2. The van der Waals surface area contributed by atoms with Gasteiger partial charge >= 0.3 is 0 Å². The van der Waals surface area contributed by atoms with Crippen LogP contribution in [-0.2, 0) is 16.6 Å². The van der Waals surface area contributed by atoms with Gasteiger partial charge in [-0.25, -0.2) is 9.97 Å². The molecule has 3 heterocycles. The molecule has 28 heavy (non-hydrogen) atoms. The average molecular weight is 374 g/mol. The van der Waals surface area contributed by atoms with E-state index in [2.05, 4.69) is 27.3 Å². The summed E-state index contributed by atoms with van der Waals surface area (Å²) < 4.78 is 0. The van der Waals surface area contributed by atoms with Gasteiger partial charge in [0.2, 0.25) is 5.91 Å². The number of nitrogens with one attached hydrogen (secondary N) is 1. The normalized spacial score (nSPS) is 33.0. The second-order valence-electron chi connectivity index (χ2n) is 9.09. The molecular weight excluding hydrogens is 348 g/mol. The number of carbonyl (C=O) groups excluding carboxylic acids is 1. The minimum Gasteiger partial charge on any atom is -0.341 e.